The Kier molecular flexibility index (Phi) is 7.58. The molecule has 1 amide bonds. The number of ether oxygens (including phenoxy) is 1. The van der Waals surface area contributed by atoms with Crippen LogP contribution in [-0.2, 0) is 19.6 Å². The monoisotopic (exact) mass is 487 g/mol. The largest absolute Gasteiger partial charge is 0.489 e. The van der Waals surface area contributed by atoms with Crippen molar-refractivity contribution in [1.29, 1.82) is 0 Å². The van der Waals surface area contributed by atoms with Gasteiger partial charge < -0.3 is 14.2 Å². The highest BCUT2D eigenvalue weighted by molar-refractivity contribution is 6.35. The van der Waals surface area contributed by atoms with Gasteiger partial charge in [-0.1, -0.05) is 53.5 Å². The van der Waals surface area contributed by atoms with E-state index in [1.165, 1.54) is 5.56 Å². The smallest absolute Gasteiger partial charge is 0.276 e. The van der Waals surface area contributed by atoms with Gasteiger partial charge in [0.2, 0.25) is 0 Å². The summed E-state index contributed by atoms with van der Waals surface area (Å²) in [6.07, 6.45) is 0.976. The van der Waals surface area contributed by atoms with Crippen LogP contribution < -0.4 is 4.74 Å². The summed E-state index contributed by atoms with van der Waals surface area (Å²) >= 11 is 12.3. The molecule has 0 unspecified atom stereocenters. The van der Waals surface area contributed by atoms with Crippen LogP contribution >= 0.6 is 23.2 Å². The van der Waals surface area contributed by atoms with E-state index in [0.717, 1.165) is 37.4 Å². The Bertz CT molecular complexity index is 1110. The van der Waals surface area contributed by atoms with E-state index in [4.69, 9.17) is 32.5 Å². The van der Waals surface area contributed by atoms with E-state index in [9.17, 15) is 4.79 Å². The molecule has 2 heterocycles. The lowest BCUT2D eigenvalue weighted by atomic mass is 10.1. The van der Waals surface area contributed by atoms with Gasteiger partial charge in [-0.25, -0.2) is 0 Å². The van der Waals surface area contributed by atoms with E-state index in [1.54, 1.807) is 13.0 Å². The minimum Gasteiger partial charge on any atom is -0.489 e. The molecule has 0 N–H and O–H groups in total. The minimum absolute atomic E-state index is 0.129. The van der Waals surface area contributed by atoms with Gasteiger partial charge in [-0.15, -0.1) is 0 Å². The highest BCUT2D eigenvalue weighted by Gasteiger charge is 2.28. The molecule has 1 aromatic heterocycles. The average Bonchev–Trinajstić information content (AvgIpc) is 3.20. The molecule has 0 aliphatic carbocycles. The fourth-order valence-corrected chi connectivity index (χ4v) is 4.32. The van der Waals surface area contributed by atoms with Crippen LogP contribution in [0.5, 0.6) is 5.75 Å². The molecule has 1 aliphatic heterocycles. The summed E-state index contributed by atoms with van der Waals surface area (Å²) in [7, 11) is 0. The van der Waals surface area contributed by atoms with Gasteiger partial charge in [-0.3, -0.25) is 9.69 Å². The topological polar surface area (TPSA) is 58.8 Å². The number of hydrogen-bond donors (Lipinski definition) is 0. The van der Waals surface area contributed by atoms with Crippen molar-refractivity contribution < 1.29 is 14.1 Å². The lowest BCUT2D eigenvalue weighted by molar-refractivity contribution is 0.0616. The van der Waals surface area contributed by atoms with Crippen molar-refractivity contribution in [3.05, 3.63) is 80.7 Å². The van der Waals surface area contributed by atoms with E-state index >= 15 is 0 Å². The highest BCUT2D eigenvalue weighted by Crippen LogP contribution is 2.24. The maximum atomic E-state index is 13.2. The maximum absolute atomic E-state index is 13.2. The zero-order chi connectivity index (χ0) is 23.4. The Morgan fingerprint density at radius 3 is 2.48 bits per heavy atom. The molecule has 0 saturated carbocycles. The molecule has 6 nitrogen and oxygen atoms in total. The predicted molar refractivity (Wildman–Crippen MR) is 129 cm³/mol. The first-order chi connectivity index (χ1) is 15.9. The second-order valence-corrected chi connectivity index (χ2v) is 9.00. The summed E-state index contributed by atoms with van der Waals surface area (Å²) in [6, 6.07) is 13.5. The molecule has 1 fully saturated rings. The van der Waals surface area contributed by atoms with Gasteiger partial charge in [-0.2, -0.15) is 0 Å². The van der Waals surface area contributed by atoms with Gasteiger partial charge in [0.05, 0.1) is 5.56 Å². The number of piperazine rings is 1. The van der Waals surface area contributed by atoms with Crippen molar-refractivity contribution in [2.24, 2.45) is 0 Å². The van der Waals surface area contributed by atoms with Crippen LogP contribution in [0.3, 0.4) is 0 Å². The number of aromatic nitrogens is 1. The summed E-state index contributed by atoms with van der Waals surface area (Å²) in [6.45, 7) is 7.57. The molecule has 0 atom stereocenters. The summed E-state index contributed by atoms with van der Waals surface area (Å²) < 4.78 is 11.3. The van der Waals surface area contributed by atoms with E-state index in [2.05, 4.69) is 17.0 Å². The fourth-order valence-electron chi connectivity index (χ4n) is 3.86. The molecule has 0 spiro atoms. The molecule has 174 valence electrons. The van der Waals surface area contributed by atoms with Crippen LogP contribution in [0.25, 0.3) is 0 Å². The number of rotatable bonds is 7. The third-order valence-corrected chi connectivity index (χ3v) is 6.56. The van der Waals surface area contributed by atoms with Crippen molar-refractivity contribution in [1.82, 2.24) is 15.0 Å². The summed E-state index contributed by atoms with van der Waals surface area (Å²) in [5.74, 6) is 1.22. The fraction of sp³-hybridized carbons (Fsp3) is 0.360. The van der Waals surface area contributed by atoms with E-state index < -0.39 is 0 Å². The van der Waals surface area contributed by atoms with Gasteiger partial charge in [0.15, 0.2) is 5.69 Å². The van der Waals surface area contributed by atoms with Crippen molar-refractivity contribution in [2.45, 2.75) is 33.4 Å². The zero-order valence-electron chi connectivity index (χ0n) is 18.8. The highest BCUT2D eigenvalue weighted by atomic mass is 35.5. The van der Waals surface area contributed by atoms with Crippen LogP contribution in [0.15, 0.2) is 47.0 Å². The van der Waals surface area contributed by atoms with Gasteiger partial charge >= 0.3 is 0 Å². The van der Waals surface area contributed by atoms with Gasteiger partial charge in [0, 0.05) is 42.8 Å². The van der Waals surface area contributed by atoms with E-state index in [1.807, 2.05) is 41.3 Å². The quantitative estimate of drug-likeness (QED) is 0.447. The number of nitrogens with zero attached hydrogens (tertiary/aromatic N) is 3. The lowest BCUT2D eigenvalue weighted by Crippen LogP contribution is -2.48. The molecule has 3 aromatic rings. The van der Waals surface area contributed by atoms with Crippen LogP contribution in [-0.4, -0.2) is 47.0 Å². The molecule has 0 bridgehead atoms. The molecule has 1 aliphatic rings. The number of hydrogen-bond acceptors (Lipinski definition) is 5. The number of carbonyl (C=O) groups is 1. The number of halogens is 2. The number of carbonyl (C=O) groups excluding carboxylic acids is 1. The first kappa shape index (κ1) is 23.6. The Balaban J connectivity index is 1.35. The number of benzene rings is 2. The van der Waals surface area contributed by atoms with Crippen LogP contribution in [0.2, 0.25) is 10.0 Å². The Hall–Kier alpha value is -2.54. The summed E-state index contributed by atoms with van der Waals surface area (Å²) in [4.78, 5) is 17.3. The molecular formula is C25H27Cl2N3O3. The van der Waals surface area contributed by atoms with Gasteiger partial charge in [0.1, 0.15) is 18.1 Å². The molecule has 33 heavy (non-hydrogen) atoms. The molecule has 2 aromatic carbocycles. The molecule has 8 heteroatoms. The first-order valence-corrected chi connectivity index (χ1v) is 11.8. The normalized spacial score (nSPS) is 14.5. The minimum atomic E-state index is -0.129. The lowest BCUT2D eigenvalue weighted by Gasteiger charge is -2.34. The van der Waals surface area contributed by atoms with E-state index in [-0.39, 0.29) is 12.5 Å². The maximum Gasteiger partial charge on any atom is 0.276 e. The Morgan fingerprint density at radius 1 is 1.09 bits per heavy atom. The van der Waals surface area contributed by atoms with Crippen molar-refractivity contribution in [3.63, 3.8) is 0 Å². The van der Waals surface area contributed by atoms with Crippen LogP contribution in [0.1, 0.15) is 39.9 Å². The zero-order valence-corrected chi connectivity index (χ0v) is 20.3. The summed E-state index contributed by atoms with van der Waals surface area (Å²) in [5, 5.41) is 5.33. The summed E-state index contributed by atoms with van der Waals surface area (Å²) in [5.41, 5.74) is 3.29. The molecule has 0 radical (unpaired) electrons. The van der Waals surface area contributed by atoms with E-state index in [0.29, 0.717) is 40.2 Å². The van der Waals surface area contributed by atoms with Crippen molar-refractivity contribution >= 4 is 29.1 Å². The third kappa shape index (κ3) is 5.69. The molecule has 1 saturated heterocycles. The van der Waals surface area contributed by atoms with Gasteiger partial charge in [0.25, 0.3) is 5.91 Å². The number of aryl methyl sites for hydroxylation is 2. The second-order valence-electron chi connectivity index (χ2n) is 8.16. The second kappa shape index (κ2) is 10.6. The van der Waals surface area contributed by atoms with Crippen LogP contribution in [0.4, 0.5) is 0 Å². The third-order valence-electron chi connectivity index (χ3n) is 5.97. The number of amides is 1. The molecular weight excluding hydrogens is 461 g/mol. The first-order valence-electron chi connectivity index (χ1n) is 11.1. The average molecular weight is 488 g/mol. The van der Waals surface area contributed by atoms with Crippen LogP contribution in [0, 0.1) is 6.92 Å². The molecule has 4 rings (SSSR count). The SMILES string of the molecule is CCc1ccc(OCc2c(C(=O)N3CCN(Cc4ccc(Cl)cc4Cl)CC3)noc2C)cc1. The predicted octanol–water partition coefficient (Wildman–Crippen LogP) is 5.39. The van der Waals surface area contributed by atoms with Crippen molar-refractivity contribution in [2.75, 3.05) is 26.2 Å². The Labute approximate surface area is 204 Å². The Morgan fingerprint density at radius 2 is 1.82 bits per heavy atom. The van der Waals surface area contributed by atoms with Gasteiger partial charge in [-0.05, 0) is 48.7 Å². The van der Waals surface area contributed by atoms with Crippen molar-refractivity contribution in [3.8, 4) is 5.75 Å². The standard InChI is InChI=1S/C25H27Cl2N3O3/c1-3-18-4-8-21(9-5-18)32-16-22-17(2)33-28-24(22)25(31)30-12-10-29(11-13-30)15-19-6-7-20(26)14-23(19)27/h4-9,14H,3,10-13,15-16H2,1-2H3.